The fourth-order valence-electron chi connectivity index (χ4n) is 1.46. The molecule has 0 bridgehead atoms. The van der Waals surface area contributed by atoms with Crippen LogP contribution < -0.4 is 0 Å². The average molecular weight is 462 g/mol. The zero-order valence-electron chi connectivity index (χ0n) is 15.8. The number of hydrogen-bond donors (Lipinski definition) is 2. The van der Waals surface area contributed by atoms with Crippen molar-refractivity contribution in [3.05, 3.63) is 23.3 Å². The number of carboxylic acids is 1. The molecule has 0 radical (unpaired) electrons. The van der Waals surface area contributed by atoms with E-state index in [9.17, 15) is 49.1 Å². The van der Waals surface area contributed by atoms with Gasteiger partial charge in [-0.15, -0.1) is 0 Å². The van der Waals surface area contributed by atoms with Crippen molar-refractivity contribution in [2.75, 3.05) is 6.61 Å². The second kappa shape index (κ2) is 11.2. The first-order chi connectivity index (χ1) is 13.2. The summed E-state index contributed by atoms with van der Waals surface area (Å²) in [7, 11) is 0. The summed E-state index contributed by atoms with van der Waals surface area (Å²) in [5.41, 5.74) is -4.74. The van der Waals surface area contributed by atoms with Crippen LogP contribution in [0, 0.1) is 0 Å². The van der Waals surface area contributed by atoms with Crippen LogP contribution in [0.2, 0.25) is 0 Å². The maximum Gasteiger partial charge on any atom is 0.426 e. The fourth-order valence-corrected chi connectivity index (χ4v) is 1.46. The second-order valence-corrected chi connectivity index (χ2v) is 5.80. The standard InChI is InChI=1S/C10H11F3O4.C6H8F6O/c1-6(8(14)15)3-4-7(2)9(16)17-5-10(11,12)13;1-2-3-4(13,5(7,8)9)6(10,11)12/h3-4H,5H2,1-2H3,(H,14,15);13H,2-3H2,1H3/b6-3+,7-4+;. The van der Waals surface area contributed by atoms with E-state index in [1.807, 2.05) is 0 Å². The first-order valence-corrected chi connectivity index (χ1v) is 7.87. The van der Waals surface area contributed by atoms with Crippen LogP contribution in [0.1, 0.15) is 33.6 Å². The molecule has 0 aromatic rings. The molecule has 0 rings (SSSR count). The predicted octanol–water partition coefficient (Wildman–Crippen LogP) is 4.71. The van der Waals surface area contributed by atoms with E-state index in [0.717, 1.165) is 19.1 Å². The van der Waals surface area contributed by atoms with Crippen molar-refractivity contribution in [2.45, 2.75) is 57.7 Å². The Bertz CT molecular complexity index is 629. The molecule has 0 aromatic carbocycles. The number of esters is 1. The van der Waals surface area contributed by atoms with E-state index in [1.165, 1.54) is 13.8 Å². The van der Waals surface area contributed by atoms with Gasteiger partial charge in [0, 0.05) is 11.1 Å². The summed E-state index contributed by atoms with van der Waals surface area (Å²) < 4.78 is 110. The smallest absolute Gasteiger partial charge is 0.426 e. The van der Waals surface area contributed by atoms with Crippen LogP contribution in [0.15, 0.2) is 23.3 Å². The van der Waals surface area contributed by atoms with Crippen LogP contribution in [0.3, 0.4) is 0 Å². The quantitative estimate of drug-likeness (QED) is 0.259. The molecule has 2 N–H and O–H groups in total. The van der Waals surface area contributed by atoms with Gasteiger partial charge in [-0.2, -0.15) is 39.5 Å². The Hall–Kier alpha value is -2.25. The highest BCUT2D eigenvalue weighted by Gasteiger charge is 2.69. The van der Waals surface area contributed by atoms with E-state index in [1.54, 1.807) is 0 Å². The SMILES string of the molecule is C/C(=C\C=C(/C)C(=O)OCC(F)(F)F)C(=O)O.CCCC(O)(C(F)(F)F)C(F)(F)F. The van der Waals surface area contributed by atoms with Gasteiger partial charge in [0.25, 0.3) is 5.60 Å². The molecule has 0 aliphatic rings. The van der Waals surface area contributed by atoms with Crippen molar-refractivity contribution in [1.82, 2.24) is 0 Å². The maximum absolute atomic E-state index is 11.8. The van der Waals surface area contributed by atoms with Gasteiger partial charge < -0.3 is 14.9 Å². The van der Waals surface area contributed by atoms with Crippen LogP contribution in [0.5, 0.6) is 0 Å². The molecule has 0 aliphatic heterocycles. The van der Waals surface area contributed by atoms with Gasteiger partial charge in [-0.3, -0.25) is 0 Å². The minimum Gasteiger partial charge on any atom is -0.478 e. The molecule has 0 unspecified atom stereocenters. The predicted molar refractivity (Wildman–Crippen MR) is 84.1 cm³/mol. The third kappa shape index (κ3) is 10.5. The lowest BCUT2D eigenvalue weighted by Gasteiger charge is -2.31. The number of halogens is 9. The van der Waals surface area contributed by atoms with Crippen LogP contribution >= 0.6 is 0 Å². The lowest BCUT2D eigenvalue weighted by Crippen LogP contribution is -2.56. The number of rotatable bonds is 6. The molecule has 176 valence electrons. The Morgan fingerprint density at radius 2 is 1.27 bits per heavy atom. The summed E-state index contributed by atoms with van der Waals surface area (Å²) in [6, 6.07) is 0. The molecule has 0 fully saturated rings. The number of aliphatic hydroxyl groups is 1. The first-order valence-electron chi connectivity index (χ1n) is 7.87. The number of carbonyl (C=O) groups is 2. The number of aliphatic carboxylic acids is 1. The van der Waals surface area contributed by atoms with Crippen LogP contribution in [-0.2, 0) is 14.3 Å². The summed E-state index contributed by atoms with van der Waals surface area (Å²) in [5, 5.41) is 16.9. The third-order valence-corrected chi connectivity index (χ3v) is 3.16. The highest BCUT2D eigenvalue weighted by Crippen LogP contribution is 2.45. The van der Waals surface area contributed by atoms with Crippen molar-refractivity contribution in [3.63, 3.8) is 0 Å². The van der Waals surface area contributed by atoms with E-state index in [-0.39, 0.29) is 11.1 Å². The normalized spacial score (nSPS) is 14.0. The molecule has 0 amide bonds. The zero-order chi connectivity index (χ0) is 24.6. The number of alkyl halides is 9. The molecule has 0 aromatic heterocycles. The monoisotopic (exact) mass is 462 g/mol. The molecule has 0 aliphatic carbocycles. The van der Waals surface area contributed by atoms with E-state index >= 15 is 0 Å². The first kappa shape index (κ1) is 29.9. The van der Waals surface area contributed by atoms with Gasteiger partial charge >= 0.3 is 30.5 Å². The largest absolute Gasteiger partial charge is 0.478 e. The molecular formula is C16H19F9O5. The second-order valence-electron chi connectivity index (χ2n) is 5.80. The topological polar surface area (TPSA) is 83.8 Å². The molecular weight excluding hydrogens is 443 g/mol. The number of carboxylic acid groups (broad SMARTS) is 1. The van der Waals surface area contributed by atoms with E-state index in [4.69, 9.17) is 10.2 Å². The molecule has 0 heterocycles. The highest BCUT2D eigenvalue weighted by atomic mass is 19.4. The van der Waals surface area contributed by atoms with E-state index in [2.05, 4.69) is 4.74 Å². The van der Waals surface area contributed by atoms with Gasteiger partial charge in [0.2, 0.25) is 0 Å². The lowest BCUT2D eigenvalue weighted by molar-refractivity contribution is -0.369. The van der Waals surface area contributed by atoms with Crippen LogP contribution in [0.25, 0.3) is 0 Å². The Labute approximate surface area is 164 Å². The van der Waals surface area contributed by atoms with Crippen LogP contribution in [0.4, 0.5) is 39.5 Å². The van der Waals surface area contributed by atoms with Gasteiger partial charge in [0.15, 0.2) is 6.61 Å². The van der Waals surface area contributed by atoms with Crippen LogP contribution in [-0.4, -0.2) is 52.9 Å². The summed E-state index contributed by atoms with van der Waals surface area (Å²) in [4.78, 5) is 21.4. The summed E-state index contributed by atoms with van der Waals surface area (Å²) >= 11 is 0. The molecule has 14 heteroatoms. The molecule has 0 atom stereocenters. The van der Waals surface area contributed by atoms with Gasteiger partial charge in [-0.1, -0.05) is 25.5 Å². The van der Waals surface area contributed by atoms with Gasteiger partial charge in [-0.05, 0) is 20.3 Å². The minimum atomic E-state index is -5.68. The van der Waals surface area contributed by atoms with Gasteiger partial charge in [0.05, 0.1) is 0 Å². The Morgan fingerprint density at radius 3 is 1.53 bits per heavy atom. The maximum atomic E-state index is 11.8. The van der Waals surface area contributed by atoms with Gasteiger partial charge in [0.1, 0.15) is 0 Å². The van der Waals surface area contributed by atoms with E-state index < -0.39 is 55.5 Å². The number of ether oxygens (including phenoxy) is 1. The molecule has 5 nitrogen and oxygen atoms in total. The molecule has 30 heavy (non-hydrogen) atoms. The number of hydrogen-bond acceptors (Lipinski definition) is 4. The third-order valence-electron chi connectivity index (χ3n) is 3.16. The summed E-state index contributed by atoms with van der Waals surface area (Å²) in [5.74, 6) is -2.32. The molecule has 0 saturated carbocycles. The highest BCUT2D eigenvalue weighted by molar-refractivity contribution is 5.89. The lowest BCUT2D eigenvalue weighted by atomic mass is 9.97. The van der Waals surface area contributed by atoms with Crippen molar-refractivity contribution < 1.29 is 64.1 Å². The molecule has 0 saturated heterocycles. The fraction of sp³-hybridized carbons (Fsp3) is 0.625. The van der Waals surface area contributed by atoms with Crippen molar-refractivity contribution in [3.8, 4) is 0 Å². The summed E-state index contributed by atoms with van der Waals surface area (Å²) in [6.45, 7) is 1.97. The summed E-state index contributed by atoms with van der Waals surface area (Å²) in [6.07, 6.45) is -15.5. The Balaban J connectivity index is 0. The van der Waals surface area contributed by atoms with Crippen molar-refractivity contribution in [1.29, 1.82) is 0 Å². The average Bonchev–Trinajstić information content (AvgIpc) is 2.55. The van der Waals surface area contributed by atoms with E-state index in [0.29, 0.717) is 0 Å². The van der Waals surface area contributed by atoms with Gasteiger partial charge in [-0.25, -0.2) is 9.59 Å². The number of carbonyl (C=O) groups excluding carboxylic acids is 1. The minimum absolute atomic E-state index is 0.0482. The number of allylic oxidation sites excluding steroid dienone is 2. The molecule has 0 spiro atoms. The Kier molecular flexibility index (Phi) is 11.2. The zero-order valence-corrected chi connectivity index (χ0v) is 15.8. The Morgan fingerprint density at radius 1 is 0.867 bits per heavy atom. The van der Waals surface area contributed by atoms with Crippen molar-refractivity contribution >= 4 is 11.9 Å². The van der Waals surface area contributed by atoms with Crippen molar-refractivity contribution in [2.24, 2.45) is 0 Å².